The van der Waals surface area contributed by atoms with E-state index < -0.39 is 12.0 Å². The topological polar surface area (TPSA) is 92.1 Å². The summed E-state index contributed by atoms with van der Waals surface area (Å²) in [6.45, 7) is 1.94. The van der Waals surface area contributed by atoms with E-state index in [1.807, 2.05) is 79.7 Å². The van der Waals surface area contributed by atoms with Gasteiger partial charge < -0.3 is 9.84 Å². The van der Waals surface area contributed by atoms with E-state index in [1.165, 1.54) is 5.01 Å². The first-order valence-corrected chi connectivity index (χ1v) is 12.6. The van der Waals surface area contributed by atoms with Crippen molar-refractivity contribution in [2.45, 2.75) is 32.2 Å². The van der Waals surface area contributed by atoms with Gasteiger partial charge in [0.2, 0.25) is 5.91 Å². The van der Waals surface area contributed by atoms with Gasteiger partial charge in [-0.15, -0.1) is 0 Å². The Bertz CT molecular complexity index is 1570. The van der Waals surface area contributed by atoms with E-state index in [0.717, 1.165) is 38.9 Å². The van der Waals surface area contributed by atoms with Crippen LogP contribution in [0.2, 0.25) is 5.02 Å². The van der Waals surface area contributed by atoms with Crippen molar-refractivity contribution in [3.05, 3.63) is 94.6 Å². The van der Waals surface area contributed by atoms with Crippen molar-refractivity contribution in [1.29, 1.82) is 0 Å². The number of carboxylic acids is 1. The lowest BCUT2D eigenvalue weighted by atomic mass is 9.89. The maximum Gasteiger partial charge on any atom is 0.303 e. The summed E-state index contributed by atoms with van der Waals surface area (Å²) in [4.78, 5) is 29.4. The number of fused-ring (bicyclic) bond motifs is 1. The third kappa shape index (κ3) is 4.85. The average Bonchev–Trinajstić information content (AvgIpc) is 3.36. The van der Waals surface area contributed by atoms with Gasteiger partial charge in [0.1, 0.15) is 5.75 Å². The van der Waals surface area contributed by atoms with Crippen molar-refractivity contribution < 1.29 is 19.4 Å². The van der Waals surface area contributed by atoms with Crippen LogP contribution in [0.4, 0.5) is 0 Å². The second-order valence-corrected chi connectivity index (χ2v) is 9.55. The quantitative estimate of drug-likeness (QED) is 0.299. The summed E-state index contributed by atoms with van der Waals surface area (Å²) in [6, 6.07) is 22.6. The van der Waals surface area contributed by atoms with E-state index in [0.29, 0.717) is 22.9 Å². The normalized spacial score (nSPS) is 15.0. The van der Waals surface area contributed by atoms with Crippen LogP contribution in [0.5, 0.6) is 5.75 Å². The lowest BCUT2D eigenvalue weighted by Gasteiger charge is -2.23. The summed E-state index contributed by atoms with van der Waals surface area (Å²) in [6.07, 6.45) is -0.0232. The Morgan fingerprint density at radius 1 is 1.03 bits per heavy atom. The predicted molar refractivity (Wildman–Crippen MR) is 148 cm³/mol. The number of ether oxygens (including phenoxy) is 1. The number of aromatic nitrogens is 1. The van der Waals surface area contributed by atoms with Gasteiger partial charge in [-0.25, -0.2) is 5.01 Å². The Balaban J connectivity index is 1.71. The van der Waals surface area contributed by atoms with Crippen LogP contribution in [0, 0.1) is 6.92 Å². The Morgan fingerprint density at radius 3 is 2.50 bits per heavy atom. The van der Waals surface area contributed by atoms with Gasteiger partial charge in [-0.1, -0.05) is 60.1 Å². The number of methoxy groups -OCH3 is 1. The zero-order valence-electron chi connectivity index (χ0n) is 21.0. The molecule has 0 saturated heterocycles. The number of carbonyl (C=O) groups excluding carboxylic acids is 1. The molecule has 5 rings (SSSR count). The number of rotatable bonds is 7. The summed E-state index contributed by atoms with van der Waals surface area (Å²) in [5, 5.41) is 16.9. The number of pyridine rings is 1. The first kappa shape index (κ1) is 25.4. The molecule has 1 amide bonds. The molecule has 192 valence electrons. The first-order valence-electron chi connectivity index (χ1n) is 12.3. The first-order chi connectivity index (χ1) is 18.4. The van der Waals surface area contributed by atoms with Gasteiger partial charge in [-0.3, -0.25) is 14.6 Å². The highest BCUT2D eigenvalue weighted by molar-refractivity contribution is 6.31. The van der Waals surface area contributed by atoms with E-state index in [-0.39, 0.29) is 18.7 Å². The Labute approximate surface area is 225 Å². The summed E-state index contributed by atoms with van der Waals surface area (Å²) in [7, 11) is 1.58. The standard InChI is InChI=1S/C30H26ClN3O4/c1-18-29(30(19-8-4-3-5-9-19)22-16-20(31)12-13-23(22)32-18)24-17-25(21-10-6-7-11-26(21)38-2)34(33-24)27(35)14-15-28(36)37/h3-13,16,25H,14-15,17H2,1-2H3,(H,36,37). The van der Waals surface area contributed by atoms with Gasteiger partial charge >= 0.3 is 5.97 Å². The van der Waals surface area contributed by atoms with Crippen molar-refractivity contribution in [1.82, 2.24) is 9.99 Å². The third-order valence-electron chi connectivity index (χ3n) is 6.70. The third-order valence-corrected chi connectivity index (χ3v) is 6.93. The molecule has 0 saturated carbocycles. The Kier molecular flexibility index (Phi) is 7.11. The minimum atomic E-state index is -1.03. The highest BCUT2D eigenvalue weighted by atomic mass is 35.5. The van der Waals surface area contributed by atoms with E-state index in [9.17, 15) is 14.7 Å². The average molecular weight is 528 g/mol. The summed E-state index contributed by atoms with van der Waals surface area (Å²) in [5.74, 6) is -0.768. The number of carboxylic acid groups (broad SMARTS) is 1. The van der Waals surface area contributed by atoms with Crippen molar-refractivity contribution in [2.75, 3.05) is 7.11 Å². The molecule has 7 nitrogen and oxygen atoms in total. The molecule has 1 atom stereocenters. The van der Waals surface area contributed by atoms with Crippen LogP contribution in [0.1, 0.15) is 42.1 Å². The number of para-hydroxylation sites is 1. The van der Waals surface area contributed by atoms with Crippen molar-refractivity contribution in [2.24, 2.45) is 5.10 Å². The van der Waals surface area contributed by atoms with Crippen LogP contribution in [-0.4, -0.2) is 39.8 Å². The zero-order valence-corrected chi connectivity index (χ0v) is 21.8. The van der Waals surface area contributed by atoms with Crippen molar-refractivity contribution in [3.63, 3.8) is 0 Å². The van der Waals surface area contributed by atoms with Gasteiger partial charge in [-0.2, -0.15) is 5.10 Å². The smallest absolute Gasteiger partial charge is 0.303 e. The molecule has 3 aromatic carbocycles. The molecule has 0 bridgehead atoms. The van der Waals surface area contributed by atoms with Gasteiger partial charge in [0.25, 0.3) is 0 Å². The summed E-state index contributed by atoms with van der Waals surface area (Å²) < 4.78 is 5.60. The van der Waals surface area contributed by atoms with Crippen LogP contribution >= 0.6 is 11.6 Å². The number of aryl methyl sites for hydroxylation is 1. The van der Waals surface area contributed by atoms with Gasteiger partial charge in [0, 0.05) is 45.6 Å². The number of nitrogens with zero attached hydrogens (tertiary/aromatic N) is 3. The molecule has 4 aromatic rings. The molecule has 0 spiro atoms. The van der Waals surface area contributed by atoms with Crippen LogP contribution in [0.3, 0.4) is 0 Å². The molecule has 1 aromatic heterocycles. The molecule has 38 heavy (non-hydrogen) atoms. The van der Waals surface area contributed by atoms with Gasteiger partial charge in [0.15, 0.2) is 0 Å². The second kappa shape index (κ2) is 10.6. The van der Waals surface area contributed by atoms with E-state index >= 15 is 0 Å². The maximum absolute atomic E-state index is 13.3. The fraction of sp³-hybridized carbons (Fsp3) is 0.200. The van der Waals surface area contributed by atoms with Crippen LogP contribution in [-0.2, 0) is 9.59 Å². The molecular formula is C30H26ClN3O4. The summed E-state index contributed by atoms with van der Waals surface area (Å²) >= 11 is 6.42. The predicted octanol–water partition coefficient (Wildman–Crippen LogP) is 6.41. The van der Waals surface area contributed by atoms with Crippen molar-refractivity contribution >= 4 is 40.1 Å². The second-order valence-electron chi connectivity index (χ2n) is 9.12. The summed E-state index contributed by atoms with van der Waals surface area (Å²) in [5.41, 5.74) is 5.82. The number of hydrogen-bond donors (Lipinski definition) is 1. The number of benzene rings is 3. The molecule has 1 aliphatic rings. The highest BCUT2D eigenvalue weighted by Crippen LogP contribution is 2.42. The number of carbonyl (C=O) groups is 2. The zero-order chi connectivity index (χ0) is 26.8. The van der Waals surface area contributed by atoms with Gasteiger partial charge in [-0.05, 0) is 36.8 Å². The van der Waals surface area contributed by atoms with Crippen molar-refractivity contribution in [3.8, 4) is 16.9 Å². The molecule has 8 heteroatoms. The molecule has 0 aliphatic carbocycles. The fourth-order valence-electron chi connectivity index (χ4n) is 5.02. The SMILES string of the molecule is COc1ccccc1C1CC(c2c(C)nc3ccc(Cl)cc3c2-c2ccccc2)=NN1C(=O)CCC(=O)O. The minimum Gasteiger partial charge on any atom is -0.496 e. The molecule has 0 fully saturated rings. The molecule has 2 heterocycles. The molecular weight excluding hydrogens is 502 g/mol. The number of amides is 1. The molecule has 0 radical (unpaired) electrons. The number of aliphatic carboxylic acids is 1. The maximum atomic E-state index is 13.3. The lowest BCUT2D eigenvalue weighted by Crippen LogP contribution is -2.27. The van der Waals surface area contributed by atoms with E-state index in [1.54, 1.807) is 7.11 Å². The number of hydrogen-bond acceptors (Lipinski definition) is 5. The molecule has 1 aliphatic heterocycles. The van der Waals surface area contributed by atoms with Crippen LogP contribution < -0.4 is 4.74 Å². The minimum absolute atomic E-state index is 0.159. The Morgan fingerprint density at radius 2 is 1.76 bits per heavy atom. The van der Waals surface area contributed by atoms with E-state index in [2.05, 4.69) is 0 Å². The van der Waals surface area contributed by atoms with Crippen LogP contribution in [0.15, 0.2) is 77.9 Å². The highest BCUT2D eigenvalue weighted by Gasteiger charge is 2.36. The monoisotopic (exact) mass is 527 g/mol. The molecule has 1 N–H and O–H groups in total. The fourth-order valence-corrected chi connectivity index (χ4v) is 5.19. The Hall–Kier alpha value is -4.23. The largest absolute Gasteiger partial charge is 0.496 e. The van der Waals surface area contributed by atoms with Crippen LogP contribution in [0.25, 0.3) is 22.0 Å². The van der Waals surface area contributed by atoms with Gasteiger partial charge in [0.05, 0.1) is 30.8 Å². The lowest BCUT2D eigenvalue weighted by molar-refractivity contribution is -0.141. The number of halogens is 1. The number of hydrazone groups is 1. The van der Waals surface area contributed by atoms with E-state index in [4.69, 9.17) is 26.4 Å². The molecule has 1 unspecified atom stereocenters.